The molecule has 0 aliphatic heterocycles. The summed E-state index contributed by atoms with van der Waals surface area (Å²) < 4.78 is 12.9. The zero-order chi connectivity index (χ0) is 35.1. The van der Waals surface area contributed by atoms with Crippen molar-refractivity contribution in [3.63, 3.8) is 0 Å². The highest BCUT2D eigenvalue weighted by atomic mass is 16.3. The van der Waals surface area contributed by atoms with Crippen LogP contribution in [0.1, 0.15) is 5.56 Å². The number of fused-ring (bicyclic) bond motifs is 6. The molecule has 10 aromatic rings. The number of anilines is 5. The Hall–Kier alpha value is -7.11. The number of hydrogen-bond acceptors (Lipinski definition) is 5. The van der Waals surface area contributed by atoms with Gasteiger partial charge in [-0.1, -0.05) is 97.1 Å². The smallest absolute Gasteiger partial charge is 0.227 e. The molecule has 0 unspecified atom stereocenters. The Morgan fingerprint density at radius 1 is 0.453 bits per heavy atom. The van der Waals surface area contributed by atoms with Gasteiger partial charge in [-0.3, -0.25) is 0 Å². The summed E-state index contributed by atoms with van der Waals surface area (Å²) in [6.07, 6.45) is 0. The molecular formula is C48H33N3O2. The van der Waals surface area contributed by atoms with E-state index in [0.29, 0.717) is 12.4 Å². The van der Waals surface area contributed by atoms with E-state index in [9.17, 15) is 0 Å². The molecule has 252 valence electrons. The number of rotatable bonds is 8. The minimum Gasteiger partial charge on any atom is -0.456 e. The van der Waals surface area contributed by atoms with E-state index in [-0.39, 0.29) is 0 Å². The molecule has 5 nitrogen and oxygen atoms in total. The van der Waals surface area contributed by atoms with Gasteiger partial charge in [0.05, 0.1) is 0 Å². The molecule has 10 rings (SSSR count). The van der Waals surface area contributed by atoms with Crippen LogP contribution in [0.4, 0.5) is 28.4 Å². The maximum absolute atomic E-state index is 6.70. The molecule has 0 amide bonds. The topological polar surface area (TPSA) is 45.7 Å². The Kier molecular flexibility index (Phi) is 7.47. The molecule has 8 aromatic carbocycles. The molecule has 0 N–H and O–H groups in total. The lowest BCUT2D eigenvalue weighted by Gasteiger charge is -2.29. The molecule has 0 radical (unpaired) electrons. The van der Waals surface area contributed by atoms with Crippen LogP contribution in [-0.2, 0) is 6.54 Å². The van der Waals surface area contributed by atoms with E-state index in [1.807, 2.05) is 42.5 Å². The minimum absolute atomic E-state index is 0.590. The fourth-order valence-electron chi connectivity index (χ4n) is 7.46. The van der Waals surface area contributed by atoms with Gasteiger partial charge in [-0.2, -0.15) is 0 Å². The van der Waals surface area contributed by atoms with E-state index in [0.717, 1.165) is 83.4 Å². The van der Waals surface area contributed by atoms with Gasteiger partial charge in [-0.25, -0.2) is 4.98 Å². The van der Waals surface area contributed by atoms with Gasteiger partial charge in [0.15, 0.2) is 5.58 Å². The first-order valence-corrected chi connectivity index (χ1v) is 17.8. The summed E-state index contributed by atoms with van der Waals surface area (Å²) >= 11 is 0. The van der Waals surface area contributed by atoms with Crippen LogP contribution in [0, 0.1) is 0 Å². The van der Waals surface area contributed by atoms with E-state index < -0.39 is 0 Å². The molecule has 53 heavy (non-hydrogen) atoms. The van der Waals surface area contributed by atoms with Crippen LogP contribution < -0.4 is 9.80 Å². The normalized spacial score (nSPS) is 11.5. The Bertz CT molecular complexity index is 2830. The van der Waals surface area contributed by atoms with Crippen molar-refractivity contribution in [1.82, 2.24) is 4.98 Å². The molecule has 0 saturated heterocycles. The molecule has 0 aliphatic carbocycles. The van der Waals surface area contributed by atoms with Crippen LogP contribution in [0.3, 0.4) is 0 Å². The lowest BCUT2D eigenvalue weighted by atomic mass is 10.00. The van der Waals surface area contributed by atoms with E-state index in [4.69, 9.17) is 13.8 Å². The summed E-state index contributed by atoms with van der Waals surface area (Å²) in [7, 11) is 0. The van der Waals surface area contributed by atoms with Crippen molar-refractivity contribution in [2.75, 3.05) is 9.80 Å². The summed E-state index contributed by atoms with van der Waals surface area (Å²) in [5, 5.41) is 4.29. The van der Waals surface area contributed by atoms with Crippen LogP contribution in [0.25, 0.3) is 55.3 Å². The molecule has 0 fully saturated rings. The van der Waals surface area contributed by atoms with Crippen molar-refractivity contribution < 1.29 is 8.83 Å². The van der Waals surface area contributed by atoms with Crippen LogP contribution in [0.15, 0.2) is 197 Å². The Labute approximate surface area is 306 Å². The first-order chi connectivity index (χ1) is 26.3. The molecular weight excluding hydrogens is 651 g/mol. The van der Waals surface area contributed by atoms with E-state index in [2.05, 4.69) is 155 Å². The number of para-hydroxylation sites is 4. The van der Waals surface area contributed by atoms with Gasteiger partial charge in [0.25, 0.3) is 0 Å². The van der Waals surface area contributed by atoms with Gasteiger partial charge < -0.3 is 18.6 Å². The van der Waals surface area contributed by atoms with Gasteiger partial charge in [-0.15, -0.1) is 0 Å². The maximum Gasteiger partial charge on any atom is 0.227 e. The molecule has 0 aliphatic rings. The highest BCUT2D eigenvalue weighted by Gasteiger charge is 2.22. The Balaban J connectivity index is 1.22. The largest absolute Gasteiger partial charge is 0.456 e. The predicted octanol–water partition coefficient (Wildman–Crippen LogP) is 13.4. The summed E-state index contributed by atoms with van der Waals surface area (Å²) in [4.78, 5) is 9.67. The van der Waals surface area contributed by atoms with Crippen LogP contribution in [0.5, 0.6) is 0 Å². The molecule has 2 aromatic heterocycles. The molecule has 0 spiro atoms. The van der Waals surface area contributed by atoms with Gasteiger partial charge in [0.1, 0.15) is 16.7 Å². The number of benzene rings is 8. The molecule has 0 atom stereocenters. The quantitative estimate of drug-likeness (QED) is 0.159. The standard InChI is InChI=1S/C48H33N3O2/c1-5-15-33(16-6-1)48-49-43-27-25-34-29-40(30-35(46(34)47(43)53-48)32-50(36-17-7-2-8-18-36)37-19-9-3-10-20-37)51(38-21-11-4-12-22-38)39-26-28-45-42(31-39)41-23-13-14-24-44(41)52-45/h1-31H,32H2. The fourth-order valence-corrected chi connectivity index (χ4v) is 7.46. The van der Waals surface area contributed by atoms with Crippen molar-refractivity contribution in [2.45, 2.75) is 6.54 Å². The average molecular weight is 684 g/mol. The average Bonchev–Trinajstić information content (AvgIpc) is 3.83. The fraction of sp³-hybridized carbons (Fsp3) is 0.0208. The van der Waals surface area contributed by atoms with Crippen LogP contribution in [-0.4, -0.2) is 4.98 Å². The summed E-state index contributed by atoms with van der Waals surface area (Å²) in [6.45, 7) is 0.590. The zero-order valence-corrected chi connectivity index (χ0v) is 28.8. The highest BCUT2D eigenvalue weighted by Crippen LogP contribution is 2.43. The van der Waals surface area contributed by atoms with Gasteiger partial charge in [0, 0.05) is 56.7 Å². The third-order valence-electron chi connectivity index (χ3n) is 9.91. The van der Waals surface area contributed by atoms with E-state index in [1.54, 1.807) is 0 Å². The van der Waals surface area contributed by atoms with Crippen molar-refractivity contribution >= 4 is 72.2 Å². The lowest BCUT2D eigenvalue weighted by molar-refractivity contribution is 0.622. The number of nitrogens with zero attached hydrogens (tertiary/aromatic N) is 3. The van der Waals surface area contributed by atoms with Crippen LogP contribution >= 0.6 is 0 Å². The Morgan fingerprint density at radius 3 is 1.79 bits per heavy atom. The number of hydrogen-bond donors (Lipinski definition) is 0. The maximum atomic E-state index is 6.70. The second-order valence-electron chi connectivity index (χ2n) is 13.2. The monoisotopic (exact) mass is 683 g/mol. The first-order valence-electron chi connectivity index (χ1n) is 17.8. The van der Waals surface area contributed by atoms with E-state index >= 15 is 0 Å². The third kappa shape index (κ3) is 5.56. The van der Waals surface area contributed by atoms with Crippen molar-refractivity contribution in [3.05, 3.63) is 194 Å². The second-order valence-corrected chi connectivity index (χ2v) is 13.2. The molecule has 2 heterocycles. The number of aromatic nitrogens is 1. The second kappa shape index (κ2) is 12.9. The number of furan rings is 1. The van der Waals surface area contributed by atoms with Gasteiger partial charge in [-0.05, 0) is 102 Å². The molecule has 0 saturated carbocycles. The van der Waals surface area contributed by atoms with Gasteiger partial charge in [0.2, 0.25) is 5.89 Å². The zero-order valence-electron chi connectivity index (χ0n) is 28.8. The molecule has 5 heteroatoms. The van der Waals surface area contributed by atoms with Crippen molar-refractivity contribution in [2.24, 2.45) is 0 Å². The Morgan fingerprint density at radius 2 is 1.08 bits per heavy atom. The number of oxazole rings is 1. The van der Waals surface area contributed by atoms with Gasteiger partial charge >= 0.3 is 0 Å². The highest BCUT2D eigenvalue weighted by molar-refractivity contribution is 6.09. The predicted molar refractivity (Wildman–Crippen MR) is 218 cm³/mol. The molecule has 0 bridgehead atoms. The minimum atomic E-state index is 0.590. The lowest BCUT2D eigenvalue weighted by Crippen LogP contribution is -2.17. The van der Waals surface area contributed by atoms with E-state index in [1.165, 1.54) is 0 Å². The van der Waals surface area contributed by atoms with Crippen LogP contribution in [0.2, 0.25) is 0 Å². The van der Waals surface area contributed by atoms with Crippen molar-refractivity contribution in [1.29, 1.82) is 0 Å². The van der Waals surface area contributed by atoms with Crippen molar-refractivity contribution in [3.8, 4) is 11.5 Å². The first kappa shape index (κ1) is 30.7. The summed E-state index contributed by atoms with van der Waals surface area (Å²) in [5.41, 5.74) is 10.7. The summed E-state index contributed by atoms with van der Waals surface area (Å²) in [6, 6.07) is 65.3. The summed E-state index contributed by atoms with van der Waals surface area (Å²) in [5.74, 6) is 0.609. The SMILES string of the molecule is c1ccc(-c2nc3ccc4cc(N(c5ccccc5)c5ccc6oc7ccccc7c6c5)cc(CN(c5ccccc5)c5ccccc5)c4c3o2)cc1. The third-order valence-corrected chi connectivity index (χ3v) is 9.91.